The minimum atomic E-state index is -0.202. The van der Waals surface area contributed by atoms with Crippen molar-refractivity contribution in [3.05, 3.63) is 28.0 Å². The van der Waals surface area contributed by atoms with E-state index in [0.29, 0.717) is 28.5 Å². The van der Waals surface area contributed by atoms with Crippen LogP contribution in [0.2, 0.25) is 5.02 Å². The number of nitrogens with zero attached hydrogens (tertiary/aromatic N) is 4. The molecule has 0 bridgehead atoms. The van der Waals surface area contributed by atoms with E-state index in [2.05, 4.69) is 36.1 Å². The highest BCUT2D eigenvalue weighted by atomic mass is 79.9. The first kappa shape index (κ1) is 21.7. The molecule has 32 heavy (non-hydrogen) atoms. The third-order valence-electron chi connectivity index (χ3n) is 6.12. The number of ether oxygens (including phenoxy) is 1. The Morgan fingerprint density at radius 3 is 2.69 bits per heavy atom. The van der Waals surface area contributed by atoms with Gasteiger partial charge in [0.1, 0.15) is 5.75 Å². The molecular weight excluding hydrogens is 496 g/mol. The normalized spacial score (nSPS) is 21.0. The summed E-state index contributed by atoms with van der Waals surface area (Å²) in [5.74, 6) is 2.46. The molecule has 5 rings (SSSR count). The van der Waals surface area contributed by atoms with Crippen molar-refractivity contribution in [3.63, 3.8) is 0 Å². The SMILES string of the molecule is COc1cc(Nc2nc(NC3CCC(O)CC3)nc3c2ncn3CC2CC2)cc(Br)c1Cl. The van der Waals surface area contributed by atoms with Gasteiger partial charge in [-0.1, -0.05) is 11.6 Å². The topological polar surface area (TPSA) is 97.1 Å². The highest BCUT2D eigenvalue weighted by Crippen LogP contribution is 2.37. The summed E-state index contributed by atoms with van der Waals surface area (Å²) in [6.07, 6.45) is 7.54. The standard InChI is InChI=1S/C22H26BrClN6O2/c1-32-17-9-14(8-16(23)18(17)24)26-20-19-21(30(11-25-19)10-12-2-3-12)29-22(28-20)27-13-4-6-15(31)7-5-13/h8-9,11-13,15,31H,2-7,10H2,1H3,(H2,26,27,28,29). The maximum Gasteiger partial charge on any atom is 0.227 e. The van der Waals surface area contributed by atoms with Gasteiger partial charge < -0.3 is 25.0 Å². The number of hydrogen-bond acceptors (Lipinski definition) is 7. The zero-order chi connectivity index (χ0) is 22.2. The molecule has 2 aromatic heterocycles. The van der Waals surface area contributed by atoms with Crippen molar-refractivity contribution in [2.75, 3.05) is 17.7 Å². The molecule has 170 valence electrons. The Bertz CT molecular complexity index is 1130. The van der Waals surface area contributed by atoms with E-state index in [1.165, 1.54) is 12.8 Å². The van der Waals surface area contributed by atoms with E-state index in [-0.39, 0.29) is 12.1 Å². The van der Waals surface area contributed by atoms with Crippen LogP contribution in [-0.4, -0.2) is 43.9 Å². The summed E-state index contributed by atoms with van der Waals surface area (Å²) in [6.45, 7) is 0.919. The average molecular weight is 522 g/mol. The molecule has 2 aliphatic carbocycles. The smallest absolute Gasteiger partial charge is 0.227 e. The van der Waals surface area contributed by atoms with Crippen molar-refractivity contribution in [2.45, 2.75) is 57.2 Å². The number of fused-ring (bicyclic) bond motifs is 1. The fraction of sp³-hybridized carbons (Fsp3) is 0.500. The first-order chi connectivity index (χ1) is 15.5. The van der Waals surface area contributed by atoms with Crippen LogP contribution in [0.1, 0.15) is 38.5 Å². The number of nitrogens with one attached hydrogen (secondary N) is 2. The monoisotopic (exact) mass is 520 g/mol. The molecular formula is C22H26BrClN6O2. The lowest BCUT2D eigenvalue weighted by atomic mass is 9.93. The maximum atomic E-state index is 9.82. The predicted molar refractivity (Wildman–Crippen MR) is 129 cm³/mol. The van der Waals surface area contributed by atoms with Gasteiger partial charge in [0, 0.05) is 28.8 Å². The van der Waals surface area contributed by atoms with Gasteiger partial charge in [0.2, 0.25) is 5.95 Å². The van der Waals surface area contributed by atoms with Crippen molar-refractivity contribution in [2.24, 2.45) is 5.92 Å². The summed E-state index contributed by atoms with van der Waals surface area (Å²) < 4.78 is 8.24. The number of aliphatic hydroxyl groups excluding tert-OH is 1. The number of hydrogen-bond donors (Lipinski definition) is 3. The quantitative estimate of drug-likeness (QED) is 0.397. The lowest BCUT2D eigenvalue weighted by Crippen LogP contribution is -2.29. The zero-order valence-electron chi connectivity index (χ0n) is 17.8. The molecule has 2 heterocycles. The Kier molecular flexibility index (Phi) is 6.14. The number of aromatic nitrogens is 4. The highest BCUT2D eigenvalue weighted by Gasteiger charge is 2.25. The Balaban J connectivity index is 1.50. The van der Waals surface area contributed by atoms with Crippen LogP contribution in [0.15, 0.2) is 22.9 Å². The van der Waals surface area contributed by atoms with E-state index in [9.17, 15) is 5.11 Å². The van der Waals surface area contributed by atoms with Crippen LogP contribution in [0.25, 0.3) is 11.2 Å². The molecule has 3 aromatic rings. The van der Waals surface area contributed by atoms with Crippen molar-refractivity contribution in [3.8, 4) is 5.75 Å². The zero-order valence-corrected chi connectivity index (χ0v) is 20.2. The van der Waals surface area contributed by atoms with Crippen molar-refractivity contribution < 1.29 is 9.84 Å². The highest BCUT2D eigenvalue weighted by molar-refractivity contribution is 9.10. The summed E-state index contributed by atoms with van der Waals surface area (Å²) >= 11 is 9.78. The van der Waals surface area contributed by atoms with Gasteiger partial charge in [-0.3, -0.25) is 0 Å². The summed E-state index contributed by atoms with van der Waals surface area (Å²) in [6, 6.07) is 3.96. The van der Waals surface area contributed by atoms with Crippen LogP contribution in [-0.2, 0) is 6.54 Å². The van der Waals surface area contributed by atoms with E-state index in [4.69, 9.17) is 26.3 Å². The Hall–Kier alpha value is -2.10. The molecule has 2 aliphatic rings. The number of halogens is 2. The van der Waals surface area contributed by atoms with Gasteiger partial charge in [-0.15, -0.1) is 0 Å². The van der Waals surface area contributed by atoms with E-state index >= 15 is 0 Å². The van der Waals surface area contributed by atoms with Crippen LogP contribution >= 0.6 is 27.5 Å². The number of aliphatic hydroxyl groups is 1. The molecule has 0 radical (unpaired) electrons. The van der Waals surface area contributed by atoms with Crippen LogP contribution < -0.4 is 15.4 Å². The first-order valence-corrected chi connectivity index (χ1v) is 12.1. The summed E-state index contributed by atoms with van der Waals surface area (Å²) in [5.41, 5.74) is 2.31. The fourth-order valence-corrected chi connectivity index (χ4v) is 4.76. The van der Waals surface area contributed by atoms with E-state index in [1.807, 2.05) is 18.5 Å². The van der Waals surface area contributed by atoms with Crippen LogP contribution in [0.5, 0.6) is 5.75 Å². The molecule has 1 aromatic carbocycles. The molecule has 0 saturated heterocycles. The minimum Gasteiger partial charge on any atom is -0.495 e. The van der Waals surface area contributed by atoms with Crippen LogP contribution in [0, 0.1) is 5.92 Å². The molecule has 0 aliphatic heterocycles. The van der Waals surface area contributed by atoms with Gasteiger partial charge in [0.05, 0.1) is 24.6 Å². The van der Waals surface area contributed by atoms with Gasteiger partial charge in [-0.05, 0) is 66.4 Å². The van der Waals surface area contributed by atoms with Crippen molar-refractivity contribution >= 4 is 56.1 Å². The molecule has 0 spiro atoms. The van der Waals surface area contributed by atoms with Gasteiger partial charge in [-0.2, -0.15) is 9.97 Å². The van der Waals surface area contributed by atoms with Gasteiger partial charge in [0.25, 0.3) is 0 Å². The molecule has 0 unspecified atom stereocenters. The fourth-order valence-electron chi connectivity index (χ4n) is 4.13. The largest absolute Gasteiger partial charge is 0.495 e. The van der Waals surface area contributed by atoms with Gasteiger partial charge >= 0.3 is 0 Å². The Morgan fingerprint density at radius 2 is 1.97 bits per heavy atom. The Labute approximate surface area is 199 Å². The maximum absolute atomic E-state index is 9.82. The number of anilines is 3. The average Bonchev–Trinajstić information content (AvgIpc) is 3.51. The molecule has 10 heteroatoms. The summed E-state index contributed by atoms with van der Waals surface area (Å²) in [4.78, 5) is 14.2. The Morgan fingerprint density at radius 1 is 1.19 bits per heavy atom. The number of methoxy groups -OCH3 is 1. The molecule has 8 nitrogen and oxygen atoms in total. The molecule has 0 atom stereocenters. The number of benzene rings is 1. The van der Waals surface area contributed by atoms with E-state index in [0.717, 1.165) is 53.6 Å². The number of imidazole rings is 1. The molecule has 2 saturated carbocycles. The van der Waals surface area contributed by atoms with Crippen molar-refractivity contribution in [1.29, 1.82) is 0 Å². The third kappa shape index (κ3) is 4.65. The third-order valence-corrected chi connectivity index (χ3v) is 7.37. The second-order valence-electron chi connectivity index (χ2n) is 8.66. The summed E-state index contributed by atoms with van der Waals surface area (Å²) in [7, 11) is 1.59. The number of rotatable bonds is 7. The van der Waals surface area contributed by atoms with Crippen LogP contribution in [0.4, 0.5) is 17.5 Å². The summed E-state index contributed by atoms with van der Waals surface area (Å²) in [5, 5.41) is 17.2. The minimum absolute atomic E-state index is 0.202. The first-order valence-electron chi connectivity index (χ1n) is 11.0. The second kappa shape index (κ2) is 9.03. The van der Waals surface area contributed by atoms with Crippen molar-refractivity contribution in [1.82, 2.24) is 19.5 Å². The molecule has 3 N–H and O–H groups in total. The van der Waals surface area contributed by atoms with Gasteiger partial charge in [-0.25, -0.2) is 4.98 Å². The van der Waals surface area contributed by atoms with E-state index in [1.54, 1.807) is 7.11 Å². The lowest BCUT2D eigenvalue weighted by Gasteiger charge is -2.26. The van der Waals surface area contributed by atoms with Crippen LogP contribution in [0.3, 0.4) is 0 Å². The molecule has 2 fully saturated rings. The predicted octanol–water partition coefficient (Wildman–Crippen LogP) is 5.12. The van der Waals surface area contributed by atoms with E-state index < -0.39 is 0 Å². The lowest BCUT2D eigenvalue weighted by molar-refractivity contribution is 0.126. The second-order valence-corrected chi connectivity index (χ2v) is 9.89. The molecule has 0 amide bonds. The van der Waals surface area contributed by atoms with Gasteiger partial charge in [0.15, 0.2) is 17.0 Å².